The van der Waals surface area contributed by atoms with E-state index in [-0.39, 0.29) is 5.25 Å². The summed E-state index contributed by atoms with van der Waals surface area (Å²) >= 11 is 0. The lowest BCUT2D eigenvalue weighted by atomic mass is 9.77. The van der Waals surface area contributed by atoms with E-state index >= 15 is 0 Å². The van der Waals surface area contributed by atoms with E-state index in [9.17, 15) is 8.42 Å². The van der Waals surface area contributed by atoms with Crippen molar-refractivity contribution in [3.8, 4) is 0 Å². The molecule has 0 heterocycles. The molecule has 2 atom stereocenters. The van der Waals surface area contributed by atoms with Crippen LogP contribution in [-0.2, 0) is 9.84 Å². The zero-order valence-electron chi connectivity index (χ0n) is 9.78. The predicted molar refractivity (Wildman–Crippen MR) is 62.5 cm³/mol. The molecule has 0 aromatic heterocycles. The van der Waals surface area contributed by atoms with Crippen LogP contribution in [0, 0.1) is 17.8 Å². The van der Waals surface area contributed by atoms with Crippen LogP contribution < -0.4 is 0 Å². The molecule has 0 aliphatic heterocycles. The summed E-state index contributed by atoms with van der Waals surface area (Å²) in [6.45, 7) is 4.38. The summed E-state index contributed by atoms with van der Waals surface area (Å²) < 4.78 is 24.2. The van der Waals surface area contributed by atoms with E-state index in [1.165, 1.54) is 0 Å². The number of hydrogen-bond acceptors (Lipinski definition) is 2. The quantitative estimate of drug-likeness (QED) is 0.747. The van der Waals surface area contributed by atoms with E-state index in [0.29, 0.717) is 17.6 Å². The molecule has 15 heavy (non-hydrogen) atoms. The van der Waals surface area contributed by atoms with Gasteiger partial charge < -0.3 is 0 Å². The predicted octanol–water partition coefficient (Wildman–Crippen LogP) is 2.64. The van der Waals surface area contributed by atoms with Gasteiger partial charge in [0.1, 0.15) is 0 Å². The highest BCUT2D eigenvalue weighted by atomic mass is 32.2. The Bertz CT molecular complexity index is 315. The van der Waals surface area contributed by atoms with E-state index in [1.54, 1.807) is 0 Å². The molecule has 88 valence electrons. The van der Waals surface area contributed by atoms with Gasteiger partial charge in [0.05, 0.1) is 11.0 Å². The topological polar surface area (TPSA) is 34.1 Å². The summed E-state index contributed by atoms with van der Waals surface area (Å²) in [5, 5.41) is -0.0107. The van der Waals surface area contributed by atoms with Crippen LogP contribution in [0.5, 0.6) is 0 Å². The fraction of sp³-hybridized carbons (Fsp3) is 1.00. The van der Waals surface area contributed by atoms with E-state index in [2.05, 4.69) is 13.8 Å². The molecule has 2 aliphatic carbocycles. The summed E-state index contributed by atoms with van der Waals surface area (Å²) in [7, 11) is -2.78. The van der Waals surface area contributed by atoms with Crippen LogP contribution in [0.4, 0.5) is 0 Å². The largest absolute Gasteiger partial charge is 0.229 e. The lowest BCUT2D eigenvalue weighted by Crippen LogP contribution is -2.32. The van der Waals surface area contributed by atoms with Crippen molar-refractivity contribution in [3.63, 3.8) is 0 Å². The van der Waals surface area contributed by atoms with Crippen LogP contribution in [0.1, 0.15) is 46.0 Å². The van der Waals surface area contributed by atoms with Crippen molar-refractivity contribution >= 4 is 9.84 Å². The second-order valence-electron chi connectivity index (χ2n) is 5.81. The van der Waals surface area contributed by atoms with Crippen LogP contribution in [0.25, 0.3) is 0 Å². The van der Waals surface area contributed by atoms with Crippen molar-refractivity contribution in [2.45, 2.75) is 51.2 Å². The summed E-state index contributed by atoms with van der Waals surface area (Å²) in [6, 6.07) is 0. The first-order valence-corrected chi connectivity index (χ1v) is 7.90. The molecule has 2 saturated carbocycles. The van der Waals surface area contributed by atoms with E-state index < -0.39 is 9.84 Å². The van der Waals surface area contributed by atoms with Crippen molar-refractivity contribution < 1.29 is 8.42 Å². The third kappa shape index (κ3) is 2.55. The highest BCUT2D eigenvalue weighted by Gasteiger charge is 2.36. The molecule has 0 radical (unpaired) electrons. The minimum Gasteiger partial charge on any atom is -0.229 e. The average Bonchev–Trinajstić information content (AvgIpc) is 2.49. The summed E-state index contributed by atoms with van der Waals surface area (Å²) in [5.74, 6) is 2.31. The smallest absolute Gasteiger partial charge is 0.153 e. The molecule has 3 heteroatoms. The van der Waals surface area contributed by atoms with E-state index in [0.717, 1.165) is 38.0 Å². The monoisotopic (exact) mass is 230 g/mol. The first kappa shape index (κ1) is 11.4. The maximum Gasteiger partial charge on any atom is 0.153 e. The molecule has 2 aliphatic rings. The summed E-state index contributed by atoms with van der Waals surface area (Å²) in [6.07, 6.45) is 5.17. The summed E-state index contributed by atoms with van der Waals surface area (Å²) in [4.78, 5) is 0. The van der Waals surface area contributed by atoms with Crippen LogP contribution in [0.15, 0.2) is 0 Å². The highest BCUT2D eigenvalue weighted by molar-refractivity contribution is 7.92. The van der Waals surface area contributed by atoms with Crippen LogP contribution in [0.2, 0.25) is 0 Å². The molecule has 0 N–H and O–H groups in total. The van der Waals surface area contributed by atoms with Crippen LogP contribution in [-0.4, -0.2) is 19.4 Å². The Labute approximate surface area is 93.4 Å². The molecular weight excluding hydrogens is 208 g/mol. The number of hydrogen-bond donors (Lipinski definition) is 0. The Morgan fingerprint density at radius 2 is 1.67 bits per heavy atom. The zero-order valence-corrected chi connectivity index (χ0v) is 10.6. The first-order valence-electron chi connectivity index (χ1n) is 6.19. The van der Waals surface area contributed by atoms with Gasteiger partial charge in [0, 0.05) is 0 Å². The van der Waals surface area contributed by atoms with Crippen molar-refractivity contribution in [1.82, 2.24) is 0 Å². The second-order valence-corrected chi connectivity index (χ2v) is 8.14. The normalized spacial score (nSPS) is 41.5. The Kier molecular flexibility index (Phi) is 3.11. The maximum absolute atomic E-state index is 12.1. The van der Waals surface area contributed by atoms with Gasteiger partial charge in [-0.2, -0.15) is 0 Å². The molecule has 0 spiro atoms. The number of rotatable bonds is 3. The van der Waals surface area contributed by atoms with Crippen molar-refractivity contribution in [2.24, 2.45) is 17.8 Å². The SMILES string of the molecule is CC1CC(CS(=O)(=O)[C@@H]2CC[C@@H](C)C2)C1. The van der Waals surface area contributed by atoms with E-state index in [4.69, 9.17) is 0 Å². The van der Waals surface area contributed by atoms with Crippen LogP contribution in [0.3, 0.4) is 0 Å². The van der Waals surface area contributed by atoms with Gasteiger partial charge in [-0.05, 0) is 49.9 Å². The van der Waals surface area contributed by atoms with Crippen molar-refractivity contribution in [1.29, 1.82) is 0 Å². The molecule has 0 unspecified atom stereocenters. The van der Waals surface area contributed by atoms with Gasteiger partial charge in [-0.15, -0.1) is 0 Å². The van der Waals surface area contributed by atoms with Crippen molar-refractivity contribution in [2.75, 3.05) is 5.75 Å². The molecular formula is C12H22O2S. The second kappa shape index (κ2) is 4.08. The van der Waals surface area contributed by atoms with Gasteiger partial charge in [-0.3, -0.25) is 0 Å². The fourth-order valence-corrected chi connectivity index (χ4v) is 5.47. The highest BCUT2D eigenvalue weighted by Crippen LogP contribution is 2.37. The lowest BCUT2D eigenvalue weighted by Gasteiger charge is -2.33. The van der Waals surface area contributed by atoms with Gasteiger partial charge >= 0.3 is 0 Å². The Hall–Kier alpha value is -0.0500. The molecule has 2 fully saturated rings. The number of sulfone groups is 1. The van der Waals surface area contributed by atoms with Gasteiger partial charge in [-0.1, -0.05) is 13.8 Å². The first-order chi connectivity index (χ1) is 6.97. The average molecular weight is 230 g/mol. The molecule has 2 rings (SSSR count). The lowest BCUT2D eigenvalue weighted by molar-refractivity contribution is 0.235. The Morgan fingerprint density at radius 1 is 1.00 bits per heavy atom. The Morgan fingerprint density at radius 3 is 2.13 bits per heavy atom. The summed E-state index contributed by atoms with van der Waals surface area (Å²) in [5.41, 5.74) is 0. The maximum atomic E-state index is 12.1. The molecule has 0 amide bonds. The molecule has 0 saturated heterocycles. The zero-order chi connectivity index (χ0) is 11.1. The van der Waals surface area contributed by atoms with Crippen molar-refractivity contribution in [3.05, 3.63) is 0 Å². The van der Waals surface area contributed by atoms with Gasteiger partial charge in [0.15, 0.2) is 9.84 Å². The fourth-order valence-electron chi connectivity index (χ4n) is 3.15. The minimum absolute atomic E-state index is 0.0107. The Balaban J connectivity index is 1.89. The minimum atomic E-state index is -2.78. The molecule has 0 aromatic carbocycles. The molecule has 2 nitrogen and oxygen atoms in total. The molecule has 0 bridgehead atoms. The standard InChI is InChI=1S/C12H22O2S/c1-9-3-4-12(7-9)15(13,14)8-11-5-10(2)6-11/h9-12H,3-8H2,1-2H3/t9-,10?,11?,12-/m1/s1. The third-order valence-corrected chi connectivity index (χ3v) is 6.47. The van der Waals surface area contributed by atoms with Gasteiger partial charge in [0.2, 0.25) is 0 Å². The van der Waals surface area contributed by atoms with Gasteiger partial charge in [-0.25, -0.2) is 8.42 Å². The van der Waals surface area contributed by atoms with Gasteiger partial charge in [0.25, 0.3) is 0 Å². The third-order valence-electron chi connectivity index (χ3n) is 4.09. The van der Waals surface area contributed by atoms with Crippen LogP contribution >= 0.6 is 0 Å². The van der Waals surface area contributed by atoms with E-state index in [1.807, 2.05) is 0 Å². The molecule has 0 aromatic rings.